The molecule has 0 aromatic heterocycles. The molecule has 6 nitrogen and oxygen atoms in total. The van der Waals surface area contributed by atoms with E-state index in [1.807, 2.05) is 24.3 Å². The molecule has 3 rings (SSSR count). The molecule has 2 aromatic carbocycles. The van der Waals surface area contributed by atoms with Crippen LogP contribution in [-0.4, -0.2) is 50.8 Å². The molecule has 1 aliphatic heterocycles. The summed E-state index contributed by atoms with van der Waals surface area (Å²) in [5.41, 5.74) is 2.24. The van der Waals surface area contributed by atoms with Crippen molar-refractivity contribution in [1.82, 2.24) is 9.21 Å². The number of carbonyl (C=O) groups is 1. The zero-order chi connectivity index (χ0) is 20.1. The lowest BCUT2D eigenvalue weighted by Crippen LogP contribution is -2.29. The quantitative estimate of drug-likeness (QED) is 0.714. The smallest absolute Gasteiger partial charge is 0.253 e. The zero-order valence-electron chi connectivity index (χ0n) is 16.3. The van der Waals surface area contributed by atoms with E-state index in [-0.39, 0.29) is 11.7 Å². The van der Waals surface area contributed by atoms with E-state index in [0.717, 1.165) is 24.2 Å². The Bertz CT molecular complexity index is 902. The van der Waals surface area contributed by atoms with Crippen LogP contribution in [0.3, 0.4) is 0 Å². The summed E-state index contributed by atoms with van der Waals surface area (Å²) in [7, 11) is 0.0829. The number of ether oxygens (including phenoxy) is 1. The van der Waals surface area contributed by atoms with E-state index in [4.69, 9.17) is 4.74 Å². The summed E-state index contributed by atoms with van der Waals surface area (Å²) in [5, 5.41) is 0. The van der Waals surface area contributed by atoms with Crippen LogP contribution in [0.2, 0.25) is 0 Å². The molecule has 0 N–H and O–H groups in total. The topological polar surface area (TPSA) is 66.9 Å². The molecule has 1 heterocycles. The standard InChI is InChI=1S/C21H26N2O4S/c1-22(15-17-7-11-20(27-2)12-8-17)21(24)19-9-5-18(6-10-19)16-28(25,26)23-13-3-4-14-23/h5-12H,3-4,13-16H2,1-2H3. The maximum Gasteiger partial charge on any atom is 0.253 e. The number of nitrogens with zero attached hydrogens (tertiary/aromatic N) is 2. The van der Waals surface area contributed by atoms with Crippen molar-refractivity contribution in [3.8, 4) is 5.75 Å². The summed E-state index contributed by atoms with van der Waals surface area (Å²) in [4.78, 5) is 14.3. The van der Waals surface area contributed by atoms with Crippen LogP contribution in [-0.2, 0) is 22.3 Å². The van der Waals surface area contributed by atoms with Crippen LogP contribution in [0.5, 0.6) is 5.75 Å². The van der Waals surface area contributed by atoms with Gasteiger partial charge in [-0.2, -0.15) is 0 Å². The van der Waals surface area contributed by atoms with Gasteiger partial charge in [0.2, 0.25) is 10.0 Å². The monoisotopic (exact) mass is 402 g/mol. The van der Waals surface area contributed by atoms with Crippen molar-refractivity contribution in [2.45, 2.75) is 25.1 Å². The van der Waals surface area contributed by atoms with Gasteiger partial charge in [0.15, 0.2) is 0 Å². The van der Waals surface area contributed by atoms with Gasteiger partial charge >= 0.3 is 0 Å². The first-order chi connectivity index (χ1) is 13.4. The molecule has 0 aliphatic carbocycles. The van der Waals surface area contributed by atoms with Gasteiger partial charge in [0.05, 0.1) is 12.9 Å². The Labute approximate surface area is 166 Å². The molecule has 1 saturated heterocycles. The molecule has 0 radical (unpaired) electrons. The zero-order valence-corrected chi connectivity index (χ0v) is 17.1. The lowest BCUT2D eigenvalue weighted by atomic mass is 10.1. The normalized spacial score (nSPS) is 14.8. The Balaban J connectivity index is 1.62. The second kappa shape index (κ2) is 8.75. The van der Waals surface area contributed by atoms with Gasteiger partial charge in [0, 0.05) is 32.2 Å². The highest BCUT2D eigenvalue weighted by atomic mass is 32.2. The van der Waals surface area contributed by atoms with E-state index < -0.39 is 10.0 Å². The molecule has 1 fully saturated rings. The van der Waals surface area contributed by atoms with Gasteiger partial charge in [-0.05, 0) is 48.2 Å². The number of hydrogen-bond donors (Lipinski definition) is 0. The first-order valence-electron chi connectivity index (χ1n) is 9.34. The first-order valence-corrected chi connectivity index (χ1v) is 10.9. The molecule has 1 aliphatic rings. The highest BCUT2D eigenvalue weighted by molar-refractivity contribution is 7.88. The van der Waals surface area contributed by atoms with Gasteiger partial charge in [-0.1, -0.05) is 24.3 Å². The highest BCUT2D eigenvalue weighted by Gasteiger charge is 2.25. The summed E-state index contributed by atoms with van der Waals surface area (Å²) in [5.74, 6) is 0.644. The fourth-order valence-electron chi connectivity index (χ4n) is 3.31. The molecule has 0 saturated carbocycles. The predicted molar refractivity (Wildman–Crippen MR) is 109 cm³/mol. The Hall–Kier alpha value is -2.38. The van der Waals surface area contributed by atoms with Crippen molar-refractivity contribution in [3.63, 3.8) is 0 Å². The highest BCUT2D eigenvalue weighted by Crippen LogP contribution is 2.18. The third-order valence-electron chi connectivity index (χ3n) is 4.93. The van der Waals surface area contributed by atoms with Crippen molar-refractivity contribution in [1.29, 1.82) is 0 Å². The second-order valence-electron chi connectivity index (χ2n) is 7.07. The number of methoxy groups -OCH3 is 1. The van der Waals surface area contributed by atoms with E-state index >= 15 is 0 Å². The van der Waals surface area contributed by atoms with Gasteiger partial charge < -0.3 is 9.64 Å². The van der Waals surface area contributed by atoms with E-state index in [2.05, 4.69) is 0 Å². The van der Waals surface area contributed by atoms with Gasteiger partial charge in [-0.15, -0.1) is 0 Å². The number of hydrogen-bond acceptors (Lipinski definition) is 4. The van der Waals surface area contributed by atoms with Crippen LogP contribution in [0.4, 0.5) is 0 Å². The molecule has 1 amide bonds. The third kappa shape index (κ3) is 4.91. The maximum absolute atomic E-state index is 12.7. The number of amides is 1. The molecule has 0 unspecified atom stereocenters. The van der Waals surface area contributed by atoms with Gasteiger partial charge in [-0.3, -0.25) is 4.79 Å². The second-order valence-corrected chi connectivity index (χ2v) is 9.04. The van der Waals surface area contributed by atoms with Crippen LogP contribution in [0.1, 0.15) is 34.3 Å². The van der Waals surface area contributed by atoms with Crippen LogP contribution in [0, 0.1) is 0 Å². The third-order valence-corrected chi connectivity index (χ3v) is 6.78. The summed E-state index contributed by atoms with van der Waals surface area (Å²) in [6.45, 7) is 1.69. The molecule has 28 heavy (non-hydrogen) atoms. The Morgan fingerprint density at radius 2 is 1.57 bits per heavy atom. The molecule has 0 spiro atoms. The molecule has 2 aromatic rings. The van der Waals surface area contributed by atoms with Crippen molar-refractivity contribution >= 4 is 15.9 Å². The lowest BCUT2D eigenvalue weighted by molar-refractivity contribution is 0.0785. The fourth-order valence-corrected chi connectivity index (χ4v) is 4.92. The maximum atomic E-state index is 12.7. The van der Waals surface area contributed by atoms with E-state index in [1.165, 1.54) is 0 Å². The summed E-state index contributed by atoms with van der Waals surface area (Å²) in [6.07, 6.45) is 1.85. The van der Waals surface area contributed by atoms with Crippen molar-refractivity contribution in [2.24, 2.45) is 0 Å². The summed E-state index contributed by atoms with van der Waals surface area (Å²) < 4.78 is 31.5. The fraction of sp³-hybridized carbons (Fsp3) is 0.381. The number of benzene rings is 2. The first kappa shape index (κ1) is 20.4. The molecule has 150 valence electrons. The molecule has 0 atom stereocenters. The Kier molecular flexibility index (Phi) is 6.36. The average Bonchev–Trinajstić information content (AvgIpc) is 3.24. The Morgan fingerprint density at radius 3 is 2.14 bits per heavy atom. The van der Waals surface area contributed by atoms with Crippen molar-refractivity contribution in [2.75, 3.05) is 27.2 Å². The number of sulfonamides is 1. The lowest BCUT2D eigenvalue weighted by Gasteiger charge is -2.18. The minimum absolute atomic E-state index is 0.0246. The van der Waals surface area contributed by atoms with Crippen molar-refractivity contribution < 1.29 is 17.9 Å². The number of carbonyl (C=O) groups excluding carboxylic acids is 1. The SMILES string of the molecule is COc1ccc(CN(C)C(=O)c2ccc(CS(=O)(=O)N3CCCC3)cc2)cc1. The van der Waals surface area contributed by atoms with Gasteiger partial charge in [-0.25, -0.2) is 12.7 Å². The molecule has 7 heteroatoms. The minimum atomic E-state index is -3.28. The molecule has 0 bridgehead atoms. The molecular weight excluding hydrogens is 376 g/mol. The minimum Gasteiger partial charge on any atom is -0.497 e. The van der Waals surface area contributed by atoms with Gasteiger partial charge in [0.1, 0.15) is 5.75 Å². The summed E-state index contributed by atoms with van der Waals surface area (Å²) >= 11 is 0. The van der Waals surface area contributed by atoms with Crippen LogP contribution < -0.4 is 4.74 Å². The largest absolute Gasteiger partial charge is 0.497 e. The van der Waals surface area contributed by atoms with Crippen LogP contribution >= 0.6 is 0 Å². The van der Waals surface area contributed by atoms with Crippen molar-refractivity contribution in [3.05, 3.63) is 65.2 Å². The van der Waals surface area contributed by atoms with Crippen LogP contribution in [0.25, 0.3) is 0 Å². The van der Waals surface area contributed by atoms with E-state index in [9.17, 15) is 13.2 Å². The molecular formula is C21H26N2O4S. The predicted octanol–water partition coefficient (Wildman–Crippen LogP) is 2.89. The van der Waals surface area contributed by atoms with E-state index in [0.29, 0.717) is 30.8 Å². The Morgan fingerprint density at radius 1 is 1.00 bits per heavy atom. The van der Waals surface area contributed by atoms with Crippen LogP contribution in [0.15, 0.2) is 48.5 Å². The number of rotatable bonds is 7. The summed E-state index contributed by atoms with van der Waals surface area (Å²) in [6, 6.07) is 14.4. The van der Waals surface area contributed by atoms with E-state index in [1.54, 1.807) is 47.6 Å². The average molecular weight is 403 g/mol. The van der Waals surface area contributed by atoms with Gasteiger partial charge in [0.25, 0.3) is 5.91 Å².